The van der Waals surface area contributed by atoms with Gasteiger partial charge in [0.05, 0.1) is 6.61 Å². The number of rotatable bonds is 9. The van der Waals surface area contributed by atoms with Crippen LogP contribution in [-0.2, 0) is 9.53 Å². The van der Waals surface area contributed by atoms with Gasteiger partial charge in [-0.05, 0) is 26.7 Å². The van der Waals surface area contributed by atoms with Crippen molar-refractivity contribution >= 4 is 5.91 Å². The minimum absolute atomic E-state index is 0.0547. The number of nitrogens with one attached hydrogen (secondary N) is 1. The lowest BCUT2D eigenvalue weighted by Crippen LogP contribution is -2.49. The molecule has 0 bridgehead atoms. The number of nitrogens with zero attached hydrogens (tertiary/aromatic N) is 1. The van der Waals surface area contributed by atoms with Crippen molar-refractivity contribution in [2.24, 2.45) is 11.7 Å². The summed E-state index contributed by atoms with van der Waals surface area (Å²) in [6.45, 7) is 13.2. The molecule has 1 amide bonds. The number of carbonyl (C=O) groups is 1. The van der Waals surface area contributed by atoms with E-state index in [2.05, 4.69) is 24.1 Å². The van der Waals surface area contributed by atoms with Gasteiger partial charge in [-0.25, -0.2) is 0 Å². The van der Waals surface area contributed by atoms with Crippen molar-refractivity contribution in [2.45, 2.75) is 52.6 Å². The molecule has 0 aromatic heterocycles. The fourth-order valence-corrected chi connectivity index (χ4v) is 2.15. The molecular weight excluding hydrogens is 254 g/mol. The zero-order valence-electron chi connectivity index (χ0n) is 14.0. The summed E-state index contributed by atoms with van der Waals surface area (Å²) < 4.78 is 5.15. The van der Waals surface area contributed by atoms with E-state index >= 15 is 0 Å². The van der Waals surface area contributed by atoms with Crippen LogP contribution < -0.4 is 11.1 Å². The van der Waals surface area contributed by atoms with Crippen molar-refractivity contribution in [3.63, 3.8) is 0 Å². The molecule has 1 unspecified atom stereocenters. The summed E-state index contributed by atoms with van der Waals surface area (Å²) in [6, 6.07) is 0.0647. The third-order valence-electron chi connectivity index (χ3n) is 2.91. The zero-order chi connectivity index (χ0) is 15.8. The van der Waals surface area contributed by atoms with Gasteiger partial charge in [0.2, 0.25) is 5.91 Å². The van der Waals surface area contributed by atoms with Gasteiger partial charge in [-0.1, -0.05) is 13.8 Å². The van der Waals surface area contributed by atoms with E-state index in [0.29, 0.717) is 25.5 Å². The van der Waals surface area contributed by atoms with Gasteiger partial charge < -0.3 is 15.8 Å². The van der Waals surface area contributed by atoms with E-state index in [1.807, 2.05) is 20.8 Å². The second-order valence-electron chi connectivity index (χ2n) is 6.77. The van der Waals surface area contributed by atoms with Gasteiger partial charge in [0.25, 0.3) is 0 Å². The summed E-state index contributed by atoms with van der Waals surface area (Å²) in [5.41, 5.74) is 5.67. The van der Waals surface area contributed by atoms with Crippen molar-refractivity contribution in [3.8, 4) is 0 Å². The van der Waals surface area contributed by atoms with Gasteiger partial charge in [0.1, 0.15) is 0 Å². The van der Waals surface area contributed by atoms with Crippen LogP contribution in [0, 0.1) is 5.92 Å². The highest BCUT2D eigenvalue weighted by molar-refractivity contribution is 5.77. The Balaban J connectivity index is 4.59. The Labute approximate surface area is 124 Å². The molecule has 0 radical (unpaired) electrons. The predicted molar refractivity (Wildman–Crippen MR) is 83.6 cm³/mol. The first-order valence-electron chi connectivity index (χ1n) is 7.43. The normalized spacial score (nSPS) is 13.8. The van der Waals surface area contributed by atoms with Crippen LogP contribution >= 0.6 is 0 Å². The van der Waals surface area contributed by atoms with Crippen LogP contribution in [0.4, 0.5) is 0 Å². The first kappa shape index (κ1) is 19.4. The van der Waals surface area contributed by atoms with Crippen molar-refractivity contribution in [1.82, 2.24) is 10.2 Å². The van der Waals surface area contributed by atoms with Crippen LogP contribution in [-0.4, -0.2) is 55.7 Å². The van der Waals surface area contributed by atoms with Gasteiger partial charge >= 0.3 is 0 Å². The Morgan fingerprint density at radius 1 is 1.35 bits per heavy atom. The lowest BCUT2D eigenvalue weighted by molar-refractivity contribution is -0.123. The largest absolute Gasteiger partial charge is 0.383 e. The number of hydrogen-bond acceptors (Lipinski definition) is 4. The second-order valence-corrected chi connectivity index (χ2v) is 6.77. The maximum absolute atomic E-state index is 12.1. The third kappa shape index (κ3) is 9.28. The van der Waals surface area contributed by atoms with Crippen LogP contribution in [0.1, 0.15) is 41.0 Å². The van der Waals surface area contributed by atoms with Gasteiger partial charge in [-0.2, -0.15) is 0 Å². The van der Waals surface area contributed by atoms with E-state index in [1.165, 1.54) is 0 Å². The molecular formula is C15H33N3O2. The Kier molecular flexibility index (Phi) is 9.01. The van der Waals surface area contributed by atoms with Crippen LogP contribution in [0.2, 0.25) is 0 Å². The standard InChI is InChI=1S/C15H33N3O2/c1-12(2)11-18(7-8-20-6)13(10-16)9-14(19)17-15(3,4)5/h12-13H,7-11,16H2,1-6H3,(H,17,19). The number of carbonyl (C=O) groups excluding carboxylic acids is 1. The molecule has 5 heteroatoms. The first-order valence-corrected chi connectivity index (χ1v) is 7.43. The average Bonchev–Trinajstić information content (AvgIpc) is 2.28. The summed E-state index contributed by atoms with van der Waals surface area (Å²) in [4.78, 5) is 14.3. The molecule has 0 saturated heterocycles. The molecule has 120 valence electrons. The van der Waals surface area contributed by atoms with Crippen LogP contribution in [0.25, 0.3) is 0 Å². The fraction of sp³-hybridized carbons (Fsp3) is 0.933. The molecule has 0 aliphatic carbocycles. The van der Waals surface area contributed by atoms with Gasteiger partial charge in [-0.15, -0.1) is 0 Å². The maximum Gasteiger partial charge on any atom is 0.222 e. The maximum atomic E-state index is 12.1. The molecule has 0 heterocycles. The third-order valence-corrected chi connectivity index (χ3v) is 2.91. The first-order chi connectivity index (χ1) is 9.19. The minimum atomic E-state index is -0.203. The van der Waals surface area contributed by atoms with Crippen molar-refractivity contribution in [3.05, 3.63) is 0 Å². The van der Waals surface area contributed by atoms with E-state index < -0.39 is 0 Å². The summed E-state index contributed by atoms with van der Waals surface area (Å²) >= 11 is 0. The molecule has 0 aromatic rings. The predicted octanol–water partition coefficient (Wildman–Crippen LogP) is 1.22. The Morgan fingerprint density at radius 2 is 1.95 bits per heavy atom. The van der Waals surface area contributed by atoms with Gasteiger partial charge in [0, 0.05) is 44.7 Å². The SMILES string of the molecule is COCCN(CC(C)C)C(CN)CC(=O)NC(C)(C)C. The van der Waals surface area contributed by atoms with E-state index in [0.717, 1.165) is 13.1 Å². The van der Waals surface area contributed by atoms with Crippen LogP contribution in [0.3, 0.4) is 0 Å². The molecule has 20 heavy (non-hydrogen) atoms. The highest BCUT2D eigenvalue weighted by atomic mass is 16.5. The molecule has 3 N–H and O–H groups in total. The van der Waals surface area contributed by atoms with E-state index in [9.17, 15) is 4.79 Å². The topological polar surface area (TPSA) is 67.6 Å². The lowest BCUT2D eigenvalue weighted by Gasteiger charge is -2.32. The minimum Gasteiger partial charge on any atom is -0.383 e. The van der Waals surface area contributed by atoms with Crippen molar-refractivity contribution < 1.29 is 9.53 Å². The number of amides is 1. The lowest BCUT2D eigenvalue weighted by atomic mass is 10.1. The molecule has 0 rings (SSSR count). The molecule has 1 atom stereocenters. The molecule has 0 fully saturated rings. The molecule has 0 spiro atoms. The zero-order valence-corrected chi connectivity index (χ0v) is 14.0. The van der Waals surface area contributed by atoms with Crippen molar-refractivity contribution in [2.75, 3.05) is 33.4 Å². The Bertz CT molecular complexity index is 275. The molecule has 0 aliphatic rings. The summed E-state index contributed by atoms with van der Waals surface area (Å²) in [7, 11) is 1.69. The number of hydrogen-bond donors (Lipinski definition) is 2. The van der Waals surface area contributed by atoms with Gasteiger partial charge in [-0.3, -0.25) is 9.69 Å². The molecule has 0 aromatic carbocycles. The average molecular weight is 287 g/mol. The fourth-order valence-electron chi connectivity index (χ4n) is 2.15. The highest BCUT2D eigenvalue weighted by Gasteiger charge is 2.23. The second kappa shape index (κ2) is 9.32. The quantitative estimate of drug-likeness (QED) is 0.669. The number of nitrogens with two attached hydrogens (primary N) is 1. The summed E-state index contributed by atoms with van der Waals surface area (Å²) in [5.74, 6) is 0.589. The highest BCUT2D eigenvalue weighted by Crippen LogP contribution is 2.09. The molecule has 0 aliphatic heterocycles. The number of methoxy groups -OCH3 is 1. The van der Waals surface area contributed by atoms with Crippen LogP contribution in [0.15, 0.2) is 0 Å². The van der Waals surface area contributed by atoms with Crippen molar-refractivity contribution in [1.29, 1.82) is 0 Å². The molecule has 0 saturated carbocycles. The smallest absolute Gasteiger partial charge is 0.222 e. The molecule has 5 nitrogen and oxygen atoms in total. The monoisotopic (exact) mass is 287 g/mol. The number of ether oxygens (including phenoxy) is 1. The summed E-state index contributed by atoms with van der Waals surface area (Å²) in [5, 5.41) is 3.00. The van der Waals surface area contributed by atoms with E-state index in [1.54, 1.807) is 7.11 Å². The van der Waals surface area contributed by atoms with E-state index in [-0.39, 0.29) is 17.5 Å². The van der Waals surface area contributed by atoms with Crippen LogP contribution in [0.5, 0.6) is 0 Å². The Hall–Kier alpha value is -0.650. The Morgan fingerprint density at radius 3 is 2.35 bits per heavy atom. The summed E-state index contributed by atoms with van der Waals surface area (Å²) in [6.07, 6.45) is 0.435. The van der Waals surface area contributed by atoms with E-state index in [4.69, 9.17) is 10.5 Å². The van der Waals surface area contributed by atoms with Gasteiger partial charge in [0.15, 0.2) is 0 Å².